The summed E-state index contributed by atoms with van der Waals surface area (Å²) in [6, 6.07) is 8.95. The summed E-state index contributed by atoms with van der Waals surface area (Å²) in [4.78, 5) is 6.57. The highest BCUT2D eigenvalue weighted by Gasteiger charge is 2.30. The number of likely N-dealkylation sites (tertiary alicyclic amines) is 1. The maximum absolute atomic E-state index is 12.8. The van der Waals surface area contributed by atoms with Crippen LogP contribution in [0.25, 0.3) is 0 Å². The third-order valence-corrected chi connectivity index (χ3v) is 4.91. The maximum atomic E-state index is 12.8. The summed E-state index contributed by atoms with van der Waals surface area (Å²) in [6.07, 6.45) is -0.346. The van der Waals surface area contributed by atoms with E-state index in [9.17, 15) is 13.2 Å². The first kappa shape index (κ1) is 21.8. The van der Waals surface area contributed by atoms with E-state index >= 15 is 0 Å². The van der Waals surface area contributed by atoms with E-state index in [1.165, 1.54) is 18.9 Å². The standard InChI is InChI=1S/C22H25F3N4O/c1-26-21(27-11-5-8-17-7-4-9-18(15-17)22(23,24)25)28-16-19(20-10-6-14-30-20)29-12-2-3-13-29/h4,6-7,9-10,14-15,19H,2-3,11-13,16H2,1H3,(H2,26,27,28). The van der Waals surface area contributed by atoms with Crippen molar-refractivity contribution < 1.29 is 17.6 Å². The van der Waals surface area contributed by atoms with E-state index in [2.05, 4.69) is 32.4 Å². The van der Waals surface area contributed by atoms with Gasteiger partial charge in [-0.1, -0.05) is 17.9 Å². The molecule has 0 radical (unpaired) electrons. The first-order valence-electron chi connectivity index (χ1n) is 9.85. The molecule has 0 amide bonds. The molecule has 30 heavy (non-hydrogen) atoms. The summed E-state index contributed by atoms with van der Waals surface area (Å²) < 4.78 is 43.9. The third kappa shape index (κ3) is 6.04. The molecule has 0 spiro atoms. The van der Waals surface area contributed by atoms with Crippen LogP contribution in [0, 0.1) is 11.8 Å². The molecular weight excluding hydrogens is 393 g/mol. The molecule has 0 saturated carbocycles. The zero-order chi connectivity index (χ0) is 21.4. The number of hydrogen-bond donors (Lipinski definition) is 2. The molecule has 1 aromatic heterocycles. The van der Waals surface area contributed by atoms with Gasteiger partial charge in [0.15, 0.2) is 5.96 Å². The molecule has 0 aliphatic carbocycles. The number of benzene rings is 1. The number of nitrogens with zero attached hydrogens (tertiary/aromatic N) is 2. The molecule has 8 heteroatoms. The van der Waals surface area contributed by atoms with Gasteiger partial charge in [-0.05, 0) is 56.3 Å². The first-order chi connectivity index (χ1) is 14.5. The van der Waals surface area contributed by atoms with Crippen LogP contribution in [0.2, 0.25) is 0 Å². The number of alkyl halides is 3. The smallest absolute Gasteiger partial charge is 0.416 e. The van der Waals surface area contributed by atoms with E-state index in [4.69, 9.17) is 4.42 Å². The molecule has 1 atom stereocenters. The quantitative estimate of drug-likeness (QED) is 0.442. The molecule has 1 unspecified atom stereocenters. The van der Waals surface area contributed by atoms with Gasteiger partial charge in [-0.15, -0.1) is 0 Å². The van der Waals surface area contributed by atoms with Crippen molar-refractivity contribution in [1.82, 2.24) is 15.5 Å². The number of nitrogens with one attached hydrogen (secondary N) is 2. The molecule has 2 heterocycles. The topological polar surface area (TPSA) is 52.8 Å². The van der Waals surface area contributed by atoms with Gasteiger partial charge in [-0.3, -0.25) is 9.89 Å². The molecule has 2 aromatic rings. The molecule has 1 saturated heterocycles. The first-order valence-corrected chi connectivity index (χ1v) is 9.85. The van der Waals surface area contributed by atoms with Crippen molar-refractivity contribution in [1.29, 1.82) is 0 Å². The Kier molecular flexibility index (Phi) is 7.41. The second kappa shape index (κ2) is 10.2. The lowest BCUT2D eigenvalue weighted by Gasteiger charge is -2.26. The Bertz CT molecular complexity index is 891. The van der Waals surface area contributed by atoms with E-state index in [-0.39, 0.29) is 12.6 Å². The molecular formula is C22H25F3N4O. The van der Waals surface area contributed by atoms with Crippen molar-refractivity contribution >= 4 is 5.96 Å². The Morgan fingerprint density at radius 3 is 2.67 bits per heavy atom. The molecule has 160 valence electrons. The average molecular weight is 418 g/mol. The van der Waals surface area contributed by atoms with Gasteiger partial charge < -0.3 is 15.1 Å². The van der Waals surface area contributed by atoms with Gasteiger partial charge in [-0.2, -0.15) is 13.2 Å². The minimum atomic E-state index is -4.37. The van der Waals surface area contributed by atoms with Crippen LogP contribution >= 0.6 is 0 Å². The number of hydrogen-bond acceptors (Lipinski definition) is 3. The zero-order valence-electron chi connectivity index (χ0n) is 16.8. The lowest BCUT2D eigenvalue weighted by molar-refractivity contribution is -0.137. The fourth-order valence-electron chi connectivity index (χ4n) is 3.41. The maximum Gasteiger partial charge on any atom is 0.416 e. The van der Waals surface area contributed by atoms with Crippen LogP contribution in [-0.2, 0) is 6.18 Å². The number of aliphatic imine (C=N–C) groups is 1. The monoisotopic (exact) mass is 418 g/mol. The highest BCUT2D eigenvalue weighted by Crippen LogP contribution is 2.29. The molecule has 1 aliphatic heterocycles. The Morgan fingerprint density at radius 2 is 2.00 bits per heavy atom. The second-order valence-corrected chi connectivity index (χ2v) is 6.96. The SMILES string of the molecule is CN=C(NCC#Cc1cccc(C(F)(F)F)c1)NCC(c1ccco1)N1CCCC1. The van der Waals surface area contributed by atoms with Crippen LogP contribution in [0.1, 0.15) is 35.8 Å². The van der Waals surface area contributed by atoms with Gasteiger partial charge in [0.05, 0.1) is 24.4 Å². The van der Waals surface area contributed by atoms with Gasteiger partial charge in [0.2, 0.25) is 0 Å². The zero-order valence-corrected chi connectivity index (χ0v) is 16.8. The van der Waals surface area contributed by atoms with Crippen LogP contribution < -0.4 is 10.6 Å². The molecule has 2 N–H and O–H groups in total. The summed E-state index contributed by atoms with van der Waals surface area (Å²) >= 11 is 0. The summed E-state index contributed by atoms with van der Waals surface area (Å²) in [5.74, 6) is 7.07. The predicted octanol–water partition coefficient (Wildman–Crippen LogP) is 3.65. The Hall–Kier alpha value is -2.92. The highest BCUT2D eigenvalue weighted by molar-refractivity contribution is 5.79. The van der Waals surface area contributed by atoms with Crippen molar-refractivity contribution in [3.63, 3.8) is 0 Å². The number of furan rings is 1. The molecule has 1 aliphatic rings. The van der Waals surface area contributed by atoms with Crippen LogP contribution in [0.15, 0.2) is 52.1 Å². The van der Waals surface area contributed by atoms with Gasteiger partial charge in [0.1, 0.15) is 5.76 Å². The Morgan fingerprint density at radius 1 is 1.20 bits per heavy atom. The van der Waals surface area contributed by atoms with Crippen molar-refractivity contribution in [2.24, 2.45) is 4.99 Å². The van der Waals surface area contributed by atoms with E-state index in [1.807, 2.05) is 12.1 Å². The van der Waals surface area contributed by atoms with E-state index in [0.717, 1.165) is 31.0 Å². The fourth-order valence-corrected chi connectivity index (χ4v) is 3.41. The van der Waals surface area contributed by atoms with Gasteiger partial charge >= 0.3 is 6.18 Å². The highest BCUT2D eigenvalue weighted by atomic mass is 19.4. The van der Waals surface area contributed by atoms with Crippen LogP contribution in [0.3, 0.4) is 0 Å². The number of guanidine groups is 1. The Balaban J connectivity index is 1.53. The van der Waals surface area contributed by atoms with Crippen molar-refractivity contribution in [2.75, 3.05) is 33.2 Å². The van der Waals surface area contributed by atoms with Crippen molar-refractivity contribution in [2.45, 2.75) is 25.1 Å². The largest absolute Gasteiger partial charge is 0.468 e. The second-order valence-electron chi connectivity index (χ2n) is 6.96. The summed E-state index contributed by atoms with van der Waals surface area (Å²) in [7, 11) is 1.66. The normalized spacial score (nSPS) is 16.1. The number of rotatable bonds is 5. The summed E-state index contributed by atoms with van der Waals surface area (Å²) in [5, 5.41) is 6.35. The molecule has 1 aromatic carbocycles. The minimum Gasteiger partial charge on any atom is -0.468 e. The lowest BCUT2D eigenvalue weighted by Crippen LogP contribution is -2.42. The molecule has 0 bridgehead atoms. The van der Waals surface area contributed by atoms with Gasteiger partial charge in [0, 0.05) is 19.2 Å². The minimum absolute atomic E-state index is 0.109. The van der Waals surface area contributed by atoms with Crippen LogP contribution in [0.4, 0.5) is 13.2 Å². The molecule has 1 fully saturated rings. The third-order valence-electron chi connectivity index (χ3n) is 4.91. The summed E-state index contributed by atoms with van der Waals surface area (Å²) in [5.41, 5.74) is -0.382. The molecule has 3 rings (SSSR count). The van der Waals surface area contributed by atoms with Crippen LogP contribution in [-0.4, -0.2) is 44.1 Å². The van der Waals surface area contributed by atoms with Crippen molar-refractivity contribution in [3.8, 4) is 11.8 Å². The van der Waals surface area contributed by atoms with Gasteiger partial charge in [0.25, 0.3) is 0 Å². The van der Waals surface area contributed by atoms with Crippen molar-refractivity contribution in [3.05, 3.63) is 59.5 Å². The van der Waals surface area contributed by atoms with E-state index in [1.54, 1.807) is 19.4 Å². The number of halogens is 3. The molecule has 5 nitrogen and oxygen atoms in total. The van der Waals surface area contributed by atoms with Gasteiger partial charge in [-0.25, -0.2) is 0 Å². The lowest BCUT2D eigenvalue weighted by atomic mass is 10.1. The van der Waals surface area contributed by atoms with Crippen LogP contribution in [0.5, 0.6) is 0 Å². The average Bonchev–Trinajstić information content (AvgIpc) is 3.44. The van der Waals surface area contributed by atoms with E-state index < -0.39 is 11.7 Å². The Labute approximate surface area is 174 Å². The fraction of sp³-hybridized carbons (Fsp3) is 0.409. The predicted molar refractivity (Wildman–Crippen MR) is 110 cm³/mol. The summed E-state index contributed by atoms with van der Waals surface area (Å²) in [6.45, 7) is 2.93. The van der Waals surface area contributed by atoms with E-state index in [0.29, 0.717) is 18.1 Å².